The molecule has 0 aliphatic heterocycles. The number of nitrogens with one attached hydrogen (secondary N) is 1. The largest absolute Gasteiger partial charge is 0.497 e. The van der Waals surface area contributed by atoms with E-state index in [1.54, 1.807) is 7.11 Å². The smallest absolute Gasteiger partial charge is 0.120 e. The Kier molecular flexibility index (Phi) is 4.86. The van der Waals surface area contributed by atoms with Gasteiger partial charge in [-0.15, -0.1) is 0 Å². The van der Waals surface area contributed by atoms with Crippen molar-refractivity contribution in [2.45, 2.75) is 6.04 Å². The van der Waals surface area contributed by atoms with Crippen molar-refractivity contribution >= 4 is 27.5 Å². The zero-order valence-electron chi connectivity index (χ0n) is 10.8. The van der Waals surface area contributed by atoms with E-state index in [2.05, 4.69) is 33.4 Å². The Morgan fingerprint density at radius 2 is 1.84 bits per heavy atom. The summed E-state index contributed by atoms with van der Waals surface area (Å²) in [7, 11) is 3.56. The molecule has 0 aliphatic carbocycles. The lowest BCUT2D eigenvalue weighted by molar-refractivity contribution is 0.414. The van der Waals surface area contributed by atoms with Gasteiger partial charge in [-0.1, -0.05) is 45.7 Å². The molecule has 0 heterocycles. The summed E-state index contributed by atoms with van der Waals surface area (Å²) in [5.74, 6) is 0.763. The summed E-state index contributed by atoms with van der Waals surface area (Å²) in [5.41, 5.74) is 2.20. The van der Waals surface area contributed by atoms with Crippen LogP contribution in [0.4, 0.5) is 0 Å². The second kappa shape index (κ2) is 6.42. The number of hydrogen-bond donors (Lipinski definition) is 1. The minimum absolute atomic E-state index is 0.0616. The Balaban J connectivity index is 2.39. The van der Waals surface area contributed by atoms with Crippen LogP contribution in [-0.2, 0) is 0 Å². The molecule has 1 atom stereocenters. The summed E-state index contributed by atoms with van der Waals surface area (Å²) in [5, 5.41) is 3.99. The van der Waals surface area contributed by atoms with E-state index in [9.17, 15) is 0 Å². The predicted octanol–water partition coefficient (Wildman–Crippen LogP) is 4.42. The summed E-state index contributed by atoms with van der Waals surface area (Å²) in [4.78, 5) is 0. The molecule has 0 aliphatic rings. The highest BCUT2D eigenvalue weighted by Crippen LogP contribution is 2.31. The van der Waals surface area contributed by atoms with Gasteiger partial charge in [-0.25, -0.2) is 0 Å². The van der Waals surface area contributed by atoms with E-state index >= 15 is 0 Å². The van der Waals surface area contributed by atoms with Gasteiger partial charge < -0.3 is 10.1 Å². The van der Waals surface area contributed by atoms with Gasteiger partial charge >= 0.3 is 0 Å². The van der Waals surface area contributed by atoms with E-state index in [-0.39, 0.29) is 6.04 Å². The molecule has 2 aromatic rings. The molecule has 0 aromatic heterocycles. The number of methoxy groups -OCH3 is 1. The molecule has 0 spiro atoms. The lowest BCUT2D eigenvalue weighted by Crippen LogP contribution is -2.18. The summed E-state index contributed by atoms with van der Waals surface area (Å²) < 4.78 is 6.24. The highest BCUT2D eigenvalue weighted by atomic mass is 79.9. The van der Waals surface area contributed by atoms with Crippen LogP contribution in [0.1, 0.15) is 17.2 Å². The second-order valence-electron chi connectivity index (χ2n) is 4.16. The van der Waals surface area contributed by atoms with Crippen molar-refractivity contribution in [2.75, 3.05) is 14.2 Å². The van der Waals surface area contributed by atoms with Gasteiger partial charge in [0.25, 0.3) is 0 Å². The van der Waals surface area contributed by atoms with E-state index in [1.165, 1.54) is 0 Å². The van der Waals surface area contributed by atoms with E-state index in [0.717, 1.165) is 21.3 Å². The van der Waals surface area contributed by atoms with Crippen LogP contribution in [0.5, 0.6) is 5.75 Å². The van der Waals surface area contributed by atoms with Gasteiger partial charge in [0.05, 0.1) is 13.2 Å². The average Bonchev–Trinajstić information content (AvgIpc) is 2.43. The number of rotatable bonds is 4. The molecule has 4 heteroatoms. The number of ether oxygens (including phenoxy) is 1. The van der Waals surface area contributed by atoms with E-state index in [0.29, 0.717) is 5.02 Å². The molecule has 19 heavy (non-hydrogen) atoms. The molecule has 0 fully saturated rings. The monoisotopic (exact) mass is 339 g/mol. The summed E-state index contributed by atoms with van der Waals surface area (Å²) in [6.07, 6.45) is 0. The van der Waals surface area contributed by atoms with Crippen molar-refractivity contribution in [3.05, 3.63) is 63.1 Å². The second-order valence-corrected chi connectivity index (χ2v) is 5.48. The van der Waals surface area contributed by atoms with Crippen molar-refractivity contribution in [3.63, 3.8) is 0 Å². The lowest BCUT2D eigenvalue weighted by Gasteiger charge is -2.19. The molecule has 0 bridgehead atoms. The molecule has 0 saturated heterocycles. The molecule has 0 amide bonds. The third kappa shape index (κ3) is 3.30. The van der Waals surface area contributed by atoms with Crippen molar-refractivity contribution in [2.24, 2.45) is 0 Å². The third-order valence-electron chi connectivity index (χ3n) is 3.01. The van der Waals surface area contributed by atoms with Crippen LogP contribution >= 0.6 is 27.5 Å². The fraction of sp³-hybridized carbons (Fsp3) is 0.200. The Morgan fingerprint density at radius 3 is 2.37 bits per heavy atom. The Hall–Kier alpha value is -1.03. The molecule has 1 unspecified atom stereocenters. The number of halogens is 2. The van der Waals surface area contributed by atoms with Gasteiger partial charge in [-0.05, 0) is 42.4 Å². The Morgan fingerprint density at radius 1 is 1.16 bits per heavy atom. The topological polar surface area (TPSA) is 21.3 Å². The maximum atomic E-state index is 6.33. The van der Waals surface area contributed by atoms with Gasteiger partial charge in [-0.2, -0.15) is 0 Å². The van der Waals surface area contributed by atoms with Crippen LogP contribution in [0.2, 0.25) is 5.02 Å². The predicted molar refractivity (Wildman–Crippen MR) is 83.0 cm³/mol. The number of benzene rings is 2. The molecule has 2 aromatic carbocycles. The fourth-order valence-corrected chi connectivity index (χ4v) is 2.57. The third-order valence-corrected chi connectivity index (χ3v) is 3.87. The minimum atomic E-state index is 0.0616. The highest BCUT2D eigenvalue weighted by molar-refractivity contribution is 9.10. The van der Waals surface area contributed by atoms with E-state index < -0.39 is 0 Å². The van der Waals surface area contributed by atoms with Gasteiger partial charge in [0.15, 0.2) is 0 Å². The van der Waals surface area contributed by atoms with Crippen molar-refractivity contribution in [1.82, 2.24) is 5.32 Å². The van der Waals surface area contributed by atoms with Gasteiger partial charge in [-0.3, -0.25) is 0 Å². The fourth-order valence-electron chi connectivity index (χ4n) is 2.03. The first-order valence-corrected chi connectivity index (χ1v) is 7.09. The first kappa shape index (κ1) is 14.4. The summed E-state index contributed by atoms with van der Waals surface area (Å²) in [6, 6.07) is 14.0. The average molecular weight is 341 g/mol. The van der Waals surface area contributed by atoms with Gasteiger partial charge in [0.2, 0.25) is 0 Å². The van der Waals surface area contributed by atoms with E-state index in [1.807, 2.05) is 37.4 Å². The van der Waals surface area contributed by atoms with Crippen molar-refractivity contribution < 1.29 is 4.74 Å². The zero-order valence-corrected chi connectivity index (χ0v) is 13.1. The Labute approximate surface area is 126 Å². The SMILES string of the molecule is CNC(c1ccc(Br)cc1)c1ccc(OC)cc1Cl. The van der Waals surface area contributed by atoms with Crippen LogP contribution in [0.15, 0.2) is 46.9 Å². The molecule has 2 nitrogen and oxygen atoms in total. The maximum absolute atomic E-state index is 6.33. The Bertz CT molecular complexity index is 557. The van der Waals surface area contributed by atoms with Crippen LogP contribution in [-0.4, -0.2) is 14.2 Å². The van der Waals surface area contributed by atoms with E-state index in [4.69, 9.17) is 16.3 Å². The first-order valence-electron chi connectivity index (χ1n) is 5.92. The van der Waals surface area contributed by atoms with Crippen molar-refractivity contribution in [3.8, 4) is 5.75 Å². The van der Waals surface area contributed by atoms with Crippen LogP contribution in [0.3, 0.4) is 0 Å². The van der Waals surface area contributed by atoms with Gasteiger partial charge in [0, 0.05) is 9.50 Å². The molecule has 0 saturated carbocycles. The first-order chi connectivity index (χ1) is 9.15. The molecule has 1 N–H and O–H groups in total. The maximum Gasteiger partial charge on any atom is 0.120 e. The molecule has 2 rings (SSSR count). The summed E-state index contributed by atoms with van der Waals surface area (Å²) in [6.45, 7) is 0. The highest BCUT2D eigenvalue weighted by Gasteiger charge is 2.15. The lowest BCUT2D eigenvalue weighted by atomic mass is 9.99. The zero-order chi connectivity index (χ0) is 13.8. The van der Waals surface area contributed by atoms with Gasteiger partial charge in [0.1, 0.15) is 5.75 Å². The van der Waals surface area contributed by atoms with Crippen molar-refractivity contribution in [1.29, 1.82) is 0 Å². The molecule has 100 valence electrons. The normalized spacial score (nSPS) is 12.2. The molecular formula is C15H15BrClNO. The summed E-state index contributed by atoms with van der Waals surface area (Å²) >= 11 is 9.78. The van der Waals surface area contributed by atoms with Crippen LogP contribution < -0.4 is 10.1 Å². The molecular weight excluding hydrogens is 326 g/mol. The minimum Gasteiger partial charge on any atom is -0.497 e. The quantitative estimate of drug-likeness (QED) is 0.889. The van der Waals surface area contributed by atoms with Crippen LogP contribution in [0, 0.1) is 0 Å². The standard InChI is InChI=1S/C15H15BrClNO/c1-18-15(10-3-5-11(16)6-4-10)13-8-7-12(19-2)9-14(13)17/h3-9,15,18H,1-2H3. The number of hydrogen-bond acceptors (Lipinski definition) is 2. The van der Waals surface area contributed by atoms with Crippen LogP contribution in [0.25, 0.3) is 0 Å². The molecule has 0 radical (unpaired) electrons.